The van der Waals surface area contributed by atoms with Crippen LogP contribution in [0.1, 0.15) is 12.8 Å². The fraction of sp³-hybridized carbons (Fsp3) is 0.133. The van der Waals surface area contributed by atoms with Gasteiger partial charge in [0.15, 0.2) is 0 Å². The first-order chi connectivity index (χ1) is 10.5. The third-order valence-electron chi connectivity index (χ3n) is 3.01. The predicted molar refractivity (Wildman–Crippen MR) is 81.2 cm³/mol. The maximum absolute atomic E-state index is 12.3. The monoisotopic (exact) mass is 320 g/mol. The predicted octanol–water partition coefficient (Wildman–Crippen LogP) is 1.63. The Morgan fingerprint density at radius 3 is 2.50 bits per heavy atom. The number of hydroxylamine groups is 1. The quantitative estimate of drug-likeness (QED) is 0.436. The van der Waals surface area contributed by atoms with Crippen LogP contribution < -0.4 is 10.2 Å². The van der Waals surface area contributed by atoms with Crippen molar-refractivity contribution in [3.8, 4) is 0 Å². The van der Waals surface area contributed by atoms with Crippen molar-refractivity contribution >= 4 is 15.9 Å². The smallest absolute Gasteiger partial charge is 0.267 e. The van der Waals surface area contributed by atoms with E-state index in [4.69, 9.17) is 5.21 Å². The number of benzene rings is 1. The molecule has 3 N–H and O–H groups in total. The molecule has 116 valence electrons. The fourth-order valence-electron chi connectivity index (χ4n) is 1.96. The van der Waals surface area contributed by atoms with Crippen molar-refractivity contribution in [2.24, 2.45) is 0 Å². The Hall–Kier alpha value is -2.38. The van der Waals surface area contributed by atoms with E-state index < -0.39 is 15.9 Å². The molecule has 1 aromatic carbocycles. The molecule has 0 unspecified atom stereocenters. The Kier molecular flexibility index (Phi) is 5.13. The van der Waals surface area contributed by atoms with Gasteiger partial charge in [0.1, 0.15) is 0 Å². The molecule has 0 bridgehead atoms. The van der Waals surface area contributed by atoms with E-state index in [1.54, 1.807) is 24.3 Å². The second-order valence-corrected chi connectivity index (χ2v) is 6.26. The lowest BCUT2D eigenvalue weighted by Gasteiger charge is -2.16. The van der Waals surface area contributed by atoms with Crippen LogP contribution in [-0.2, 0) is 14.8 Å². The SMILES string of the molecule is O=C(/C=C/C1=CCCC=C1NS(=O)(=O)c1ccccc1)NO. The summed E-state index contributed by atoms with van der Waals surface area (Å²) >= 11 is 0. The molecule has 0 aromatic heterocycles. The molecule has 1 amide bonds. The number of carbonyl (C=O) groups excluding carboxylic acids is 1. The van der Waals surface area contributed by atoms with Gasteiger partial charge in [-0.1, -0.05) is 30.4 Å². The average Bonchev–Trinajstić information content (AvgIpc) is 2.54. The largest absolute Gasteiger partial charge is 0.288 e. The van der Waals surface area contributed by atoms with Crippen molar-refractivity contribution in [1.82, 2.24) is 10.2 Å². The van der Waals surface area contributed by atoms with Crippen molar-refractivity contribution in [2.45, 2.75) is 17.7 Å². The molecule has 0 heterocycles. The minimum Gasteiger partial charge on any atom is -0.288 e. The van der Waals surface area contributed by atoms with Crippen LogP contribution in [-0.4, -0.2) is 19.5 Å². The Labute approximate surface area is 128 Å². The lowest BCUT2D eigenvalue weighted by Crippen LogP contribution is -2.25. The minimum atomic E-state index is -3.68. The molecule has 7 heteroatoms. The van der Waals surface area contributed by atoms with Gasteiger partial charge in [-0.25, -0.2) is 13.9 Å². The molecule has 1 aromatic rings. The molecule has 1 aliphatic rings. The van der Waals surface area contributed by atoms with E-state index in [-0.39, 0.29) is 4.90 Å². The standard InChI is InChI=1S/C15H16N2O4S/c18-15(16-19)11-10-12-6-4-5-9-14(12)17-22(20,21)13-7-2-1-3-8-13/h1-3,6-11,17,19H,4-5H2,(H,16,18)/b11-10+. The second-order valence-electron chi connectivity index (χ2n) is 4.58. The zero-order chi connectivity index (χ0) is 16.0. The highest BCUT2D eigenvalue weighted by Gasteiger charge is 2.17. The number of hydrogen-bond acceptors (Lipinski definition) is 4. The van der Waals surface area contributed by atoms with E-state index >= 15 is 0 Å². The molecule has 0 spiro atoms. The Bertz CT molecular complexity index is 734. The second kappa shape index (κ2) is 7.06. The van der Waals surface area contributed by atoms with Gasteiger partial charge in [0, 0.05) is 6.08 Å². The normalized spacial score (nSPS) is 15.1. The van der Waals surface area contributed by atoms with Gasteiger partial charge in [0.2, 0.25) is 0 Å². The molecule has 0 aliphatic heterocycles. The van der Waals surface area contributed by atoms with Crippen LogP contribution in [0.25, 0.3) is 0 Å². The summed E-state index contributed by atoms with van der Waals surface area (Å²) in [7, 11) is -3.68. The number of sulfonamides is 1. The molecule has 0 radical (unpaired) electrons. The van der Waals surface area contributed by atoms with Crippen LogP contribution in [0.4, 0.5) is 0 Å². The van der Waals surface area contributed by atoms with E-state index in [1.165, 1.54) is 23.7 Å². The summed E-state index contributed by atoms with van der Waals surface area (Å²) in [6.45, 7) is 0. The van der Waals surface area contributed by atoms with Crippen molar-refractivity contribution < 1.29 is 18.4 Å². The molecule has 0 saturated carbocycles. The molecule has 1 aliphatic carbocycles. The van der Waals surface area contributed by atoms with Gasteiger partial charge >= 0.3 is 0 Å². The van der Waals surface area contributed by atoms with E-state index in [0.717, 1.165) is 12.5 Å². The van der Waals surface area contributed by atoms with Gasteiger partial charge in [0.05, 0.1) is 10.6 Å². The number of hydrogen-bond donors (Lipinski definition) is 3. The van der Waals surface area contributed by atoms with Gasteiger partial charge in [0.25, 0.3) is 15.9 Å². The number of nitrogens with one attached hydrogen (secondary N) is 2. The summed E-state index contributed by atoms with van der Waals surface area (Å²) < 4.78 is 27.2. The van der Waals surface area contributed by atoms with Crippen molar-refractivity contribution in [3.05, 3.63) is 65.9 Å². The molecule has 0 fully saturated rings. The van der Waals surface area contributed by atoms with E-state index in [0.29, 0.717) is 17.7 Å². The van der Waals surface area contributed by atoms with Crippen LogP contribution in [0, 0.1) is 0 Å². The van der Waals surface area contributed by atoms with Crippen LogP contribution in [0.2, 0.25) is 0 Å². The average molecular weight is 320 g/mol. The highest BCUT2D eigenvalue weighted by molar-refractivity contribution is 7.89. The van der Waals surface area contributed by atoms with Crippen LogP contribution >= 0.6 is 0 Å². The number of rotatable bonds is 5. The zero-order valence-corrected chi connectivity index (χ0v) is 12.5. The lowest BCUT2D eigenvalue weighted by molar-refractivity contribution is -0.124. The molecule has 2 rings (SSSR count). The van der Waals surface area contributed by atoms with Crippen LogP contribution in [0.5, 0.6) is 0 Å². The third-order valence-corrected chi connectivity index (χ3v) is 4.39. The van der Waals surface area contributed by atoms with Crippen molar-refractivity contribution in [2.75, 3.05) is 0 Å². The number of amides is 1. The number of carbonyl (C=O) groups is 1. The van der Waals surface area contributed by atoms with Gasteiger partial charge in [-0.15, -0.1) is 0 Å². The first kappa shape index (κ1) is 16.0. The molecule has 22 heavy (non-hydrogen) atoms. The van der Waals surface area contributed by atoms with Crippen molar-refractivity contribution in [1.29, 1.82) is 0 Å². The van der Waals surface area contributed by atoms with Crippen LogP contribution in [0.15, 0.2) is 70.8 Å². The Morgan fingerprint density at radius 1 is 1.14 bits per heavy atom. The van der Waals surface area contributed by atoms with E-state index in [1.807, 2.05) is 6.08 Å². The van der Waals surface area contributed by atoms with Gasteiger partial charge < -0.3 is 0 Å². The van der Waals surface area contributed by atoms with E-state index in [9.17, 15) is 13.2 Å². The first-order valence-corrected chi connectivity index (χ1v) is 8.12. The molecular weight excluding hydrogens is 304 g/mol. The summed E-state index contributed by atoms with van der Waals surface area (Å²) in [5, 5.41) is 8.47. The summed E-state index contributed by atoms with van der Waals surface area (Å²) in [5.74, 6) is -0.684. The Balaban J connectivity index is 2.20. The maximum atomic E-state index is 12.3. The van der Waals surface area contributed by atoms with E-state index in [2.05, 4.69) is 4.72 Å². The summed E-state index contributed by atoms with van der Waals surface area (Å²) in [5.41, 5.74) is 2.47. The van der Waals surface area contributed by atoms with Gasteiger partial charge in [-0.05, 0) is 36.6 Å². The minimum absolute atomic E-state index is 0.165. The fourth-order valence-corrected chi connectivity index (χ4v) is 3.08. The summed E-state index contributed by atoms with van der Waals surface area (Å²) in [6.07, 6.45) is 7.61. The Morgan fingerprint density at radius 2 is 1.82 bits per heavy atom. The molecule has 0 atom stereocenters. The molecule has 0 saturated heterocycles. The summed E-state index contributed by atoms with van der Waals surface area (Å²) in [4.78, 5) is 11.2. The van der Waals surface area contributed by atoms with Crippen molar-refractivity contribution in [3.63, 3.8) is 0 Å². The van der Waals surface area contributed by atoms with Crippen LogP contribution in [0.3, 0.4) is 0 Å². The topological polar surface area (TPSA) is 95.5 Å². The highest BCUT2D eigenvalue weighted by atomic mass is 32.2. The first-order valence-electron chi connectivity index (χ1n) is 6.63. The number of allylic oxidation sites excluding steroid dienone is 3. The molecular formula is C15H16N2O4S. The summed E-state index contributed by atoms with van der Waals surface area (Å²) in [6, 6.07) is 8.03. The highest BCUT2D eigenvalue weighted by Crippen LogP contribution is 2.20. The lowest BCUT2D eigenvalue weighted by atomic mass is 10.0. The zero-order valence-electron chi connectivity index (χ0n) is 11.7. The van der Waals surface area contributed by atoms with Gasteiger partial charge in [-0.2, -0.15) is 0 Å². The molecule has 6 nitrogen and oxygen atoms in total. The van der Waals surface area contributed by atoms with Gasteiger partial charge in [-0.3, -0.25) is 14.7 Å². The third kappa shape index (κ3) is 4.06. The maximum Gasteiger partial charge on any atom is 0.267 e.